The van der Waals surface area contributed by atoms with Gasteiger partial charge in [0.25, 0.3) is 0 Å². The van der Waals surface area contributed by atoms with Crippen LogP contribution in [-0.2, 0) is 0 Å². The molecule has 0 saturated carbocycles. The minimum Gasteiger partial charge on any atom is -0.384 e. The average Bonchev–Trinajstić information content (AvgIpc) is 2.69. The molecule has 0 aliphatic carbocycles. The number of nitrogen functional groups attached to an aromatic ring is 1. The van der Waals surface area contributed by atoms with Crippen molar-refractivity contribution >= 4 is 23.3 Å². The van der Waals surface area contributed by atoms with Crippen LogP contribution in [0.1, 0.15) is 0 Å². The van der Waals surface area contributed by atoms with Gasteiger partial charge in [-0.05, 0) is 41.5 Å². The lowest BCUT2D eigenvalue weighted by molar-refractivity contribution is 0.580. The van der Waals surface area contributed by atoms with E-state index in [1.807, 2.05) is 30.3 Å². The fraction of sp³-hybridized carbons (Fsp3) is 0.211. The fourth-order valence-corrected chi connectivity index (χ4v) is 2.96. The molecule has 3 heterocycles. The Morgan fingerprint density at radius 1 is 0.923 bits per heavy atom. The summed E-state index contributed by atoms with van der Waals surface area (Å²) >= 11 is 0. The molecule has 26 heavy (non-hydrogen) atoms. The summed E-state index contributed by atoms with van der Waals surface area (Å²) in [7, 11) is 0. The van der Waals surface area contributed by atoms with Gasteiger partial charge in [0.2, 0.25) is 5.95 Å². The maximum Gasteiger partial charge on any atom is 0.227 e. The molecule has 1 saturated heterocycles. The van der Waals surface area contributed by atoms with Gasteiger partial charge in [-0.15, -0.1) is 0 Å². The topological polar surface area (TPSA) is 92.0 Å². The second kappa shape index (κ2) is 7.37. The first-order valence-corrected chi connectivity index (χ1v) is 8.66. The largest absolute Gasteiger partial charge is 0.384 e. The van der Waals surface area contributed by atoms with Gasteiger partial charge in [-0.25, -0.2) is 9.97 Å². The van der Waals surface area contributed by atoms with E-state index in [4.69, 9.17) is 5.73 Å². The number of rotatable bonds is 4. The second-order valence-corrected chi connectivity index (χ2v) is 6.15. The standard InChI is InChI=1S/C19H21N7/c20-17-13-15(5-7-22-17)14-1-3-16(4-2-14)24-18-6-8-23-19(25-18)26-11-9-21-10-12-26/h1-8,13,21H,9-12H2,(H2,20,22)(H,23,24,25). The van der Waals surface area contributed by atoms with Gasteiger partial charge in [-0.2, -0.15) is 4.98 Å². The number of pyridine rings is 1. The van der Waals surface area contributed by atoms with Crippen LogP contribution in [0.5, 0.6) is 0 Å². The van der Waals surface area contributed by atoms with Crippen molar-refractivity contribution in [3.8, 4) is 11.1 Å². The Kier molecular flexibility index (Phi) is 4.61. The zero-order valence-corrected chi connectivity index (χ0v) is 14.4. The number of hydrogen-bond acceptors (Lipinski definition) is 7. The third-order valence-corrected chi connectivity index (χ3v) is 4.31. The maximum absolute atomic E-state index is 5.76. The van der Waals surface area contributed by atoms with Crippen molar-refractivity contribution in [1.29, 1.82) is 0 Å². The van der Waals surface area contributed by atoms with Crippen molar-refractivity contribution in [2.45, 2.75) is 0 Å². The molecule has 132 valence electrons. The quantitative estimate of drug-likeness (QED) is 0.667. The highest BCUT2D eigenvalue weighted by atomic mass is 15.3. The van der Waals surface area contributed by atoms with Crippen molar-refractivity contribution in [3.63, 3.8) is 0 Å². The van der Waals surface area contributed by atoms with Crippen LogP contribution in [0.3, 0.4) is 0 Å². The summed E-state index contributed by atoms with van der Waals surface area (Å²) in [6.07, 6.45) is 3.51. The Hall–Kier alpha value is -3.19. The van der Waals surface area contributed by atoms with Gasteiger partial charge in [0.1, 0.15) is 11.6 Å². The van der Waals surface area contributed by atoms with E-state index in [1.54, 1.807) is 12.4 Å². The van der Waals surface area contributed by atoms with Gasteiger partial charge >= 0.3 is 0 Å². The van der Waals surface area contributed by atoms with Crippen molar-refractivity contribution < 1.29 is 0 Å². The van der Waals surface area contributed by atoms with E-state index in [2.05, 4.69) is 42.6 Å². The predicted octanol–water partition coefficient (Wildman–Crippen LogP) is 2.27. The highest BCUT2D eigenvalue weighted by molar-refractivity contribution is 5.69. The highest BCUT2D eigenvalue weighted by Gasteiger charge is 2.13. The molecule has 3 aromatic rings. The molecule has 2 aromatic heterocycles. The molecule has 4 N–H and O–H groups in total. The molecule has 0 spiro atoms. The lowest BCUT2D eigenvalue weighted by atomic mass is 10.1. The van der Waals surface area contributed by atoms with Gasteiger partial charge in [-0.3, -0.25) is 0 Å². The molecule has 0 bridgehead atoms. The van der Waals surface area contributed by atoms with Crippen molar-refractivity contribution in [2.24, 2.45) is 0 Å². The van der Waals surface area contributed by atoms with Crippen LogP contribution in [0.2, 0.25) is 0 Å². The van der Waals surface area contributed by atoms with E-state index in [0.717, 1.165) is 54.8 Å². The van der Waals surface area contributed by atoms with Crippen LogP contribution < -0.4 is 21.3 Å². The van der Waals surface area contributed by atoms with Crippen LogP contribution in [0.4, 0.5) is 23.3 Å². The van der Waals surface area contributed by atoms with Gasteiger partial charge in [-0.1, -0.05) is 12.1 Å². The summed E-state index contributed by atoms with van der Waals surface area (Å²) in [4.78, 5) is 15.3. The minimum atomic E-state index is 0.520. The summed E-state index contributed by atoms with van der Waals surface area (Å²) in [5.74, 6) is 2.07. The summed E-state index contributed by atoms with van der Waals surface area (Å²) < 4.78 is 0. The second-order valence-electron chi connectivity index (χ2n) is 6.15. The fourth-order valence-electron chi connectivity index (χ4n) is 2.96. The van der Waals surface area contributed by atoms with Crippen LogP contribution in [0.25, 0.3) is 11.1 Å². The smallest absolute Gasteiger partial charge is 0.227 e. The molecule has 1 fully saturated rings. The Morgan fingerprint density at radius 2 is 1.69 bits per heavy atom. The Bertz CT molecular complexity index is 873. The first kappa shape index (κ1) is 16.3. The van der Waals surface area contributed by atoms with Gasteiger partial charge < -0.3 is 21.3 Å². The molecule has 1 aromatic carbocycles. The summed E-state index contributed by atoms with van der Waals surface area (Å²) in [5, 5.41) is 6.68. The van der Waals surface area contributed by atoms with E-state index in [9.17, 15) is 0 Å². The minimum absolute atomic E-state index is 0.520. The molecule has 0 unspecified atom stereocenters. The SMILES string of the molecule is Nc1cc(-c2ccc(Nc3ccnc(N4CCNCC4)n3)cc2)ccn1. The Labute approximate surface area is 152 Å². The molecule has 0 radical (unpaired) electrons. The normalized spacial score (nSPS) is 14.2. The number of hydrogen-bond donors (Lipinski definition) is 3. The molecule has 1 aliphatic rings. The first-order valence-electron chi connectivity index (χ1n) is 8.66. The van der Waals surface area contributed by atoms with Gasteiger partial charge in [0, 0.05) is 44.3 Å². The van der Waals surface area contributed by atoms with Gasteiger partial charge in [0.15, 0.2) is 0 Å². The molecular formula is C19H21N7. The zero-order chi connectivity index (χ0) is 17.8. The number of aromatic nitrogens is 3. The Morgan fingerprint density at radius 3 is 2.46 bits per heavy atom. The summed E-state index contributed by atoms with van der Waals surface area (Å²) in [5.41, 5.74) is 8.87. The zero-order valence-electron chi connectivity index (χ0n) is 14.4. The van der Waals surface area contributed by atoms with Crippen molar-refractivity contribution in [3.05, 3.63) is 54.9 Å². The van der Waals surface area contributed by atoms with Crippen LogP contribution in [0.15, 0.2) is 54.9 Å². The molecule has 0 atom stereocenters. The van der Waals surface area contributed by atoms with Crippen LogP contribution >= 0.6 is 0 Å². The first-order chi connectivity index (χ1) is 12.8. The van der Waals surface area contributed by atoms with Gasteiger partial charge in [0.05, 0.1) is 0 Å². The number of nitrogens with two attached hydrogens (primary N) is 1. The van der Waals surface area contributed by atoms with Crippen molar-refractivity contribution in [1.82, 2.24) is 20.3 Å². The maximum atomic E-state index is 5.76. The number of nitrogens with zero attached hydrogens (tertiary/aromatic N) is 4. The van der Waals surface area contributed by atoms with E-state index in [-0.39, 0.29) is 0 Å². The predicted molar refractivity (Wildman–Crippen MR) is 104 cm³/mol. The number of nitrogens with one attached hydrogen (secondary N) is 2. The Balaban J connectivity index is 1.49. The number of benzene rings is 1. The highest BCUT2D eigenvalue weighted by Crippen LogP contribution is 2.24. The monoisotopic (exact) mass is 347 g/mol. The third-order valence-electron chi connectivity index (χ3n) is 4.31. The molecule has 4 rings (SSSR count). The van der Waals surface area contributed by atoms with E-state index < -0.39 is 0 Å². The van der Waals surface area contributed by atoms with Crippen molar-refractivity contribution in [2.75, 3.05) is 42.1 Å². The van der Waals surface area contributed by atoms with E-state index in [1.165, 1.54) is 0 Å². The molecule has 7 nitrogen and oxygen atoms in total. The molecule has 7 heteroatoms. The van der Waals surface area contributed by atoms with E-state index in [0.29, 0.717) is 5.82 Å². The molecular weight excluding hydrogens is 326 g/mol. The van der Waals surface area contributed by atoms with E-state index >= 15 is 0 Å². The average molecular weight is 347 g/mol. The lowest BCUT2D eigenvalue weighted by Gasteiger charge is -2.27. The number of piperazine rings is 1. The van der Waals surface area contributed by atoms with Crippen LogP contribution in [0, 0.1) is 0 Å². The third kappa shape index (κ3) is 3.73. The molecule has 0 amide bonds. The lowest BCUT2D eigenvalue weighted by Crippen LogP contribution is -2.44. The summed E-state index contributed by atoms with van der Waals surface area (Å²) in [6, 6.07) is 13.8. The number of anilines is 4. The molecule has 1 aliphatic heterocycles. The van der Waals surface area contributed by atoms with Crippen LogP contribution in [-0.4, -0.2) is 41.1 Å². The summed E-state index contributed by atoms with van der Waals surface area (Å²) in [6.45, 7) is 3.77.